The summed E-state index contributed by atoms with van der Waals surface area (Å²) in [5, 5.41) is 0.644. The molecule has 180 valence electrons. The van der Waals surface area contributed by atoms with Gasteiger partial charge in [0, 0.05) is 29.6 Å². The van der Waals surface area contributed by atoms with E-state index in [-0.39, 0.29) is 23.0 Å². The Bertz CT molecular complexity index is 1680. The third-order valence-corrected chi connectivity index (χ3v) is 6.49. The maximum absolute atomic E-state index is 13.3. The number of anilines is 1. The zero-order valence-electron chi connectivity index (χ0n) is 19.2. The van der Waals surface area contributed by atoms with E-state index in [1.54, 1.807) is 41.3 Å². The lowest BCUT2D eigenvalue weighted by Crippen LogP contribution is -2.40. The molecule has 1 amide bonds. The molecule has 2 aromatic heterocycles. The molecule has 0 spiro atoms. The maximum atomic E-state index is 13.3. The van der Waals surface area contributed by atoms with Crippen molar-refractivity contribution in [2.24, 2.45) is 0 Å². The van der Waals surface area contributed by atoms with Crippen LogP contribution < -0.4 is 11.3 Å². The molecule has 0 radical (unpaired) electrons. The van der Waals surface area contributed by atoms with E-state index in [1.165, 1.54) is 12.1 Å². The summed E-state index contributed by atoms with van der Waals surface area (Å²) in [6, 6.07) is 16.9. The number of amides is 1. The van der Waals surface area contributed by atoms with E-state index in [1.807, 2.05) is 12.1 Å². The molecular formula is C27H22FN5O3. The molecule has 4 N–H and O–H groups in total. The molecule has 1 aliphatic heterocycles. The molecule has 5 aromatic rings. The molecule has 0 aliphatic carbocycles. The van der Waals surface area contributed by atoms with Crippen molar-refractivity contribution in [3.05, 3.63) is 82.4 Å². The van der Waals surface area contributed by atoms with E-state index in [0.29, 0.717) is 65.2 Å². The van der Waals surface area contributed by atoms with Crippen molar-refractivity contribution in [3.8, 4) is 22.5 Å². The van der Waals surface area contributed by atoms with E-state index in [9.17, 15) is 14.0 Å². The van der Waals surface area contributed by atoms with Gasteiger partial charge in [-0.05, 0) is 53.6 Å². The van der Waals surface area contributed by atoms with Crippen LogP contribution in [0.25, 0.3) is 44.5 Å². The lowest BCUT2D eigenvalue weighted by molar-refractivity contribution is 0.0303. The first-order chi connectivity index (χ1) is 17.5. The Labute approximate surface area is 204 Å². The second kappa shape index (κ2) is 8.62. The summed E-state index contributed by atoms with van der Waals surface area (Å²) in [4.78, 5) is 38.3. The van der Waals surface area contributed by atoms with Crippen molar-refractivity contribution < 1.29 is 13.9 Å². The second-order valence-electron chi connectivity index (χ2n) is 8.73. The van der Waals surface area contributed by atoms with Crippen LogP contribution in [0.4, 0.5) is 10.1 Å². The van der Waals surface area contributed by atoms with Crippen molar-refractivity contribution in [1.29, 1.82) is 0 Å². The molecule has 0 saturated carbocycles. The lowest BCUT2D eigenvalue weighted by atomic mass is 10.0. The Morgan fingerprint density at radius 1 is 0.944 bits per heavy atom. The summed E-state index contributed by atoms with van der Waals surface area (Å²) >= 11 is 0. The number of nitrogen functional groups attached to an aromatic ring is 1. The summed E-state index contributed by atoms with van der Waals surface area (Å²) in [6.07, 6.45) is 0. The SMILES string of the molecule is Nc1c(-c2nc3cc(-c4ccc(F)cc4)ccc3[nH]c2=O)[nH]c2ccc(C(=O)N3CCOCC3)cc12. The van der Waals surface area contributed by atoms with Crippen LogP contribution in [0.15, 0.2) is 65.5 Å². The molecule has 9 heteroatoms. The molecule has 1 aliphatic rings. The zero-order valence-corrected chi connectivity index (χ0v) is 19.2. The highest BCUT2D eigenvalue weighted by molar-refractivity contribution is 6.04. The normalized spacial score (nSPS) is 14.0. The van der Waals surface area contributed by atoms with Crippen LogP contribution in [0.2, 0.25) is 0 Å². The Hall–Kier alpha value is -4.50. The van der Waals surface area contributed by atoms with Gasteiger partial charge in [-0.3, -0.25) is 9.59 Å². The van der Waals surface area contributed by atoms with Crippen molar-refractivity contribution >= 4 is 33.5 Å². The van der Waals surface area contributed by atoms with Gasteiger partial charge in [-0.25, -0.2) is 9.37 Å². The van der Waals surface area contributed by atoms with Gasteiger partial charge in [0.15, 0.2) is 5.69 Å². The van der Waals surface area contributed by atoms with Gasteiger partial charge in [0.1, 0.15) is 5.82 Å². The van der Waals surface area contributed by atoms with Crippen molar-refractivity contribution in [3.63, 3.8) is 0 Å². The summed E-state index contributed by atoms with van der Waals surface area (Å²) < 4.78 is 18.7. The first-order valence-corrected chi connectivity index (χ1v) is 11.6. The fourth-order valence-electron chi connectivity index (χ4n) is 4.56. The van der Waals surface area contributed by atoms with Gasteiger partial charge in [-0.1, -0.05) is 18.2 Å². The van der Waals surface area contributed by atoms with Crippen molar-refractivity contribution in [2.75, 3.05) is 32.0 Å². The molecular weight excluding hydrogens is 461 g/mol. The van der Waals surface area contributed by atoms with Crippen molar-refractivity contribution in [2.45, 2.75) is 0 Å². The number of carbonyl (C=O) groups excluding carboxylic acids is 1. The minimum Gasteiger partial charge on any atom is -0.396 e. The Morgan fingerprint density at radius 3 is 2.44 bits per heavy atom. The van der Waals surface area contributed by atoms with Gasteiger partial charge < -0.3 is 25.3 Å². The quantitative estimate of drug-likeness (QED) is 0.360. The minimum absolute atomic E-state index is 0.0858. The number of aromatic nitrogens is 3. The molecule has 3 aromatic carbocycles. The largest absolute Gasteiger partial charge is 0.396 e. The predicted octanol–water partition coefficient (Wildman–Crippen LogP) is 3.93. The third kappa shape index (κ3) is 3.79. The van der Waals surface area contributed by atoms with Gasteiger partial charge in [-0.2, -0.15) is 0 Å². The topological polar surface area (TPSA) is 117 Å². The van der Waals surface area contributed by atoms with Crippen LogP contribution in [-0.2, 0) is 4.74 Å². The summed E-state index contributed by atoms with van der Waals surface area (Å²) in [5.74, 6) is -0.397. The number of morpholine rings is 1. The highest BCUT2D eigenvalue weighted by Gasteiger charge is 2.21. The predicted molar refractivity (Wildman–Crippen MR) is 136 cm³/mol. The van der Waals surface area contributed by atoms with Crippen LogP contribution in [0.5, 0.6) is 0 Å². The Morgan fingerprint density at radius 2 is 1.67 bits per heavy atom. The average molecular weight is 484 g/mol. The Kier molecular flexibility index (Phi) is 5.26. The molecule has 0 unspecified atom stereocenters. The van der Waals surface area contributed by atoms with Gasteiger partial charge in [0.25, 0.3) is 11.5 Å². The highest BCUT2D eigenvalue weighted by Crippen LogP contribution is 2.32. The molecule has 36 heavy (non-hydrogen) atoms. The first kappa shape index (κ1) is 22.0. The lowest BCUT2D eigenvalue weighted by Gasteiger charge is -2.26. The van der Waals surface area contributed by atoms with Crippen LogP contribution >= 0.6 is 0 Å². The number of nitrogens with one attached hydrogen (secondary N) is 2. The van der Waals surface area contributed by atoms with E-state index >= 15 is 0 Å². The Balaban J connectivity index is 1.42. The number of nitrogens with zero attached hydrogens (tertiary/aromatic N) is 2. The van der Waals surface area contributed by atoms with Crippen molar-refractivity contribution in [1.82, 2.24) is 19.9 Å². The molecule has 3 heterocycles. The molecule has 8 nitrogen and oxygen atoms in total. The van der Waals surface area contributed by atoms with Gasteiger partial charge in [0.05, 0.1) is 35.6 Å². The number of hydrogen-bond donors (Lipinski definition) is 3. The smallest absolute Gasteiger partial charge is 0.276 e. The molecule has 6 rings (SSSR count). The van der Waals surface area contributed by atoms with Crippen LogP contribution in [0.3, 0.4) is 0 Å². The molecule has 0 bridgehead atoms. The summed E-state index contributed by atoms with van der Waals surface area (Å²) in [5.41, 5.74) is 11.0. The number of carbonyl (C=O) groups is 1. The number of halogens is 1. The highest BCUT2D eigenvalue weighted by atomic mass is 19.1. The summed E-state index contributed by atoms with van der Waals surface area (Å²) in [6.45, 7) is 2.12. The zero-order chi connectivity index (χ0) is 24.8. The number of aromatic amines is 2. The van der Waals surface area contributed by atoms with Crippen LogP contribution in [0.1, 0.15) is 10.4 Å². The third-order valence-electron chi connectivity index (χ3n) is 6.49. The number of rotatable bonds is 3. The second-order valence-corrected chi connectivity index (χ2v) is 8.73. The fourth-order valence-corrected chi connectivity index (χ4v) is 4.56. The van der Waals surface area contributed by atoms with Crippen LogP contribution in [-0.4, -0.2) is 52.1 Å². The van der Waals surface area contributed by atoms with Gasteiger partial charge in [0.2, 0.25) is 0 Å². The standard InChI is InChI=1S/C27H22FN5O3/c28-18-5-1-15(2-6-18)16-3-8-21-22(14-16)31-25(26(34)32-21)24-23(29)19-13-17(4-7-20(19)30-24)27(35)33-9-11-36-12-10-33/h1-8,13-14,30H,9-12,29H2,(H,32,34). The van der Waals surface area contributed by atoms with Crippen LogP contribution in [0, 0.1) is 5.82 Å². The maximum Gasteiger partial charge on any atom is 0.276 e. The summed E-state index contributed by atoms with van der Waals surface area (Å²) in [7, 11) is 0. The van der Waals surface area contributed by atoms with E-state index in [4.69, 9.17) is 10.5 Å². The first-order valence-electron chi connectivity index (χ1n) is 11.6. The molecule has 0 atom stereocenters. The van der Waals surface area contributed by atoms with E-state index < -0.39 is 0 Å². The molecule has 1 fully saturated rings. The number of nitrogens with two attached hydrogens (primary N) is 1. The van der Waals surface area contributed by atoms with E-state index in [0.717, 1.165) is 11.1 Å². The molecule has 1 saturated heterocycles. The van der Waals surface area contributed by atoms with Gasteiger partial charge >= 0.3 is 0 Å². The fraction of sp³-hybridized carbons (Fsp3) is 0.148. The van der Waals surface area contributed by atoms with Gasteiger partial charge in [-0.15, -0.1) is 0 Å². The average Bonchev–Trinajstić information content (AvgIpc) is 3.24. The number of benzene rings is 3. The monoisotopic (exact) mass is 483 g/mol. The van der Waals surface area contributed by atoms with E-state index in [2.05, 4.69) is 15.0 Å². The number of hydrogen-bond acceptors (Lipinski definition) is 5. The minimum atomic E-state index is -0.389. The number of fused-ring (bicyclic) bond motifs is 2. The number of H-pyrrole nitrogens is 2. The number of ether oxygens (including phenoxy) is 1.